The summed E-state index contributed by atoms with van der Waals surface area (Å²) in [6.07, 6.45) is 8.10. The van der Waals surface area contributed by atoms with Crippen molar-refractivity contribution in [3.05, 3.63) is 0 Å². The fourth-order valence-corrected chi connectivity index (χ4v) is 3.85. The molecule has 18 heavy (non-hydrogen) atoms. The molecule has 0 spiro atoms. The summed E-state index contributed by atoms with van der Waals surface area (Å²) in [6.45, 7) is 4.30. The van der Waals surface area contributed by atoms with Crippen LogP contribution < -0.4 is 5.32 Å². The molecule has 2 rings (SSSR count). The summed E-state index contributed by atoms with van der Waals surface area (Å²) in [7, 11) is 2.26. The maximum atomic E-state index is 4.72. The Morgan fingerprint density at radius 1 is 1.33 bits per heavy atom. The van der Waals surface area contributed by atoms with Crippen LogP contribution in [0.15, 0.2) is 4.99 Å². The second-order valence-corrected chi connectivity index (χ2v) is 6.58. The quantitative estimate of drug-likeness (QED) is 0.831. The van der Waals surface area contributed by atoms with E-state index in [1.165, 1.54) is 49.4 Å². The van der Waals surface area contributed by atoms with Crippen LogP contribution in [0.5, 0.6) is 0 Å². The second-order valence-electron chi connectivity index (χ2n) is 5.49. The largest absolute Gasteiger partial charge is 0.362 e. The molecule has 4 heteroatoms. The molecule has 1 aliphatic heterocycles. The molecule has 1 aliphatic carbocycles. The Balaban J connectivity index is 1.69. The van der Waals surface area contributed by atoms with Gasteiger partial charge in [-0.2, -0.15) is 0 Å². The lowest BCUT2D eigenvalue weighted by atomic mass is 10.2. The summed E-state index contributed by atoms with van der Waals surface area (Å²) in [4.78, 5) is 7.22. The monoisotopic (exact) mass is 269 g/mol. The van der Waals surface area contributed by atoms with Gasteiger partial charge in [0.1, 0.15) is 0 Å². The highest BCUT2D eigenvalue weighted by Crippen LogP contribution is 2.22. The van der Waals surface area contributed by atoms with Gasteiger partial charge in [0.15, 0.2) is 5.17 Å². The summed E-state index contributed by atoms with van der Waals surface area (Å²) in [5.74, 6) is 1.23. The highest BCUT2D eigenvalue weighted by atomic mass is 32.2. The molecule has 1 atom stereocenters. The Morgan fingerprint density at radius 2 is 2.11 bits per heavy atom. The normalized spacial score (nSPS) is 27.9. The topological polar surface area (TPSA) is 27.6 Å². The van der Waals surface area contributed by atoms with Crippen molar-refractivity contribution in [2.45, 2.75) is 57.5 Å². The first kappa shape index (κ1) is 14.2. The summed E-state index contributed by atoms with van der Waals surface area (Å²) in [6, 6.07) is 1.47. The molecule has 2 aliphatic rings. The van der Waals surface area contributed by atoms with Crippen molar-refractivity contribution in [3.8, 4) is 0 Å². The molecule has 0 amide bonds. The lowest BCUT2D eigenvalue weighted by molar-refractivity contribution is 0.252. The Kier molecular flexibility index (Phi) is 5.83. The van der Waals surface area contributed by atoms with Gasteiger partial charge in [-0.3, -0.25) is 4.99 Å². The zero-order chi connectivity index (χ0) is 12.8. The molecule has 1 saturated carbocycles. The fraction of sp³-hybridized carbons (Fsp3) is 0.929. The van der Waals surface area contributed by atoms with Gasteiger partial charge in [-0.25, -0.2) is 0 Å². The fourth-order valence-electron chi connectivity index (χ4n) is 2.82. The molecule has 1 heterocycles. The number of hydrogen-bond acceptors (Lipinski definition) is 3. The minimum Gasteiger partial charge on any atom is -0.362 e. The zero-order valence-corrected chi connectivity index (χ0v) is 12.6. The van der Waals surface area contributed by atoms with E-state index < -0.39 is 0 Å². The van der Waals surface area contributed by atoms with Crippen molar-refractivity contribution in [2.75, 3.05) is 25.9 Å². The van der Waals surface area contributed by atoms with Crippen LogP contribution in [0.4, 0.5) is 0 Å². The van der Waals surface area contributed by atoms with Crippen LogP contribution in [0.2, 0.25) is 0 Å². The molecule has 1 N–H and O–H groups in total. The summed E-state index contributed by atoms with van der Waals surface area (Å²) >= 11 is 1.89. The van der Waals surface area contributed by atoms with Crippen LogP contribution in [0.1, 0.15) is 45.4 Å². The smallest absolute Gasteiger partial charge is 0.156 e. The first-order valence-corrected chi connectivity index (χ1v) is 8.42. The van der Waals surface area contributed by atoms with Gasteiger partial charge < -0.3 is 10.2 Å². The van der Waals surface area contributed by atoms with Crippen molar-refractivity contribution in [1.82, 2.24) is 10.2 Å². The molecule has 0 aromatic carbocycles. The number of amidine groups is 1. The van der Waals surface area contributed by atoms with Gasteiger partial charge in [-0.15, -0.1) is 0 Å². The Hall–Kier alpha value is -0.220. The molecule has 3 nitrogen and oxygen atoms in total. The molecular weight excluding hydrogens is 242 g/mol. The first-order chi connectivity index (χ1) is 8.79. The van der Waals surface area contributed by atoms with E-state index in [2.05, 4.69) is 24.2 Å². The molecule has 2 fully saturated rings. The number of rotatable bonds is 5. The van der Waals surface area contributed by atoms with Crippen molar-refractivity contribution < 1.29 is 0 Å². The first-order valence-electron chi connectivity index (χ1n) is 7.43. The van der Waals surface area contributed by atoms with Crippen molar-refractivity contribution >= 4 is 16.9 Å². The van der Waals surface area contributed by atoms with Crippen LogP contribution in [0.3, 0.4) is 0 Å². The Labute approximate surface area is 116 Å². The highest BCUT2D eigenvalue weighted by Gasteiger charge is 2.19. The number of hydrogen-bond donors (Lipinski definition) is 1. The number of aliphatic imine (C=N–C) groups is 1. The van der Waals surface area contributed by atoms with E-state index >= 15 is 0 Å². The van der Waals surface area contributed by atoms with Crippen LogP contribution in [0, 0.1) is 0 Å². The van der Waals surface area contributed by atoms with Crippen LogP contribution >= 0.6 is 11.8 Å². The van der Waals surface area contributed by atoms with Gasteiger partial charge in [-0.05, 0) is 32.7 Å². The minimum absolute atomic E-state index is 0.651. The van der Waals surface area contributed by atoms with E-state index in [9.17, 15) is 0 Å². The third kappa shape index (κ3) is 4.16. The van der Waals surface area contributed by atoms with Gasteiger partial charge in [0, 0.05) is 24.4 Å². The standard InChI is InChI=1S/C14H27N3S/c1-3-12-8-11-18-14(16-12)15-9-10-17(2)13-6-4-5-7-13/h12-13H,3-11H2,1-2H3,(H,15,16). The third-order valence-electron chi connectivity index (χ3n) is 4.18. The minimum atomic E-state index is 0.651. The molecule has 1 saturated heterocycles. The Morgan fingerprint density at radius 3 is 2.83 bits per heavy atom. The number of likely N-dealkylation sites (N-methyl/N-ethyl adjacent to an activating group) is 1. The van der Waals surface area contributed by atoms with Crippen molar-refractivity contribution in [1.29, 1.82) is 0 Å². The number of thioether (sulfide) groups is 1. The van der Waals surface area contributed by atoms with Crippen LogP contribution in [0.25, 0.3) is 0 Å². The molecule has 0 aromatic heterocycles. The number of nitrogens with zero attached hydrogens (tertiary/aromatic N) is 2. The van der Waals surface area contributed by atoms with Gasteiger partial charge >= 0.3 is 0 Å². The lowest BCUT2D eigenvalue weighted by Gasteiger charge is -2.25. The average Bonchev–Trinajstić information content (AvgIpc) is 2.93. The average molecular weight is 269 g/mol. The van der Waals surface area contributed by atoms with Gasteiger partial charge in [0.25, 0.3) is 0 Å². The Bertz CT molecular complexity index is 274. The van der Waals surface area contributed by atoms with Gasteiger partial charge in [0.05, 0.1) is 6.54 Å². The van der Waals surface area contributed by atoms with E-state index in [-0.39, 0.29) is 0 Å². The second kappa shape index (κ2) is 7.39. The molecule has 104 valence electrons. The maximum absolute atomic E-state index is 4.72. The van der Waals surface area contributed by atoms with Gasteiger partial charge in [0.2, 0.25) is 0 Å². The molecular formula is C14H27N3S. The molecule has 1 unspecified atom stereocenters. The summed E-state index contributed by atoms with van der Waals surface area (Å²) < 4.78 is 0. The molecule has 0 aromatic rings. The summed E-state index contributed by atoms with van der Waals surface area (Å²) in [5.41, 5.74) is 0. The zero-order valence-electron chi connectivity index (χ0n) is 11.8. The van der Waals surface area contributed by atoms with E-state index in [0.717, 1.165) is 19.1 Å². The van der Waals surface area contributed by atoms with Crippen LogP contribution in [-0.2, 0) is 0 Å². The van der Waals surface area contributed by atoms with Gasteiger partial charge in [-0.1, -0.05) is 31.5 Å². The lowest BCUT2D eigenvalue weighted by Crippen LogP contribution is -2.38. The predicted octanol–water partition coefficient (Wildman–Crippen LogP) is 2.72. The molecule has 0 radical (unpaired) electrons. The van der Waals surface area contributed by atoms with E-state index in [4.69, 9.17) is 4.99 Å². The number of nitrogens with one attached hydrogen (secondary N) is 1. The van der Waals surface area contributed by atoms with Crippen molar-refractivity contribution in [2.24, 2.45) is 4.99 Å². The van der Waals surface area contributed by atoms with Crippen molar-refractivity contribution in [3.63, 3.8) is 0 Å². The van der Waals surface area contributed by atoms with E-state index in [1.54, 1.807) is 0 Å². The SMILES string of the molecule is CCC1CCSC(=NCCN(C)C2CCCC2)N1. The highest BCUT2D eigenvalue weighted by molar-refractivity contribution is 8.13. The maximum Gasteiger partial charge on any atom is 0.156 e. The van der Waals surface area contributed by atoms with Crippen LogP contribution in [-0.4, -0.2) is 48.0 Å². The third-order valence-corrected chi connectivity index (χ3v) is 5.14. The van der Waals surface area contributed by atoms with E-state index in [1.807, 2.05) is 11.8 Å². The predicted molar refractivity (Wildman–Crippen MR) is 81.5 cm³/mol. The summed E-state index contributed by atoms with van der Waals surface area (Å²) in [5, 5.41) is 4.71. The van der Waals surface area contributed by atoms with E-state index in [0.29, 0.717) is 6.04 Å². The molecule has 0 bridgehead atoms.